The van der Waals surface area contributed by atoms with Crippen LogP contribution in [-0.2, 0) is 11.3 Å². The molecule has 1 aromatic carbocycles. The Labute approximate surface area is 196 Å². The van der Waals surface area contributed by atoms with E-state index in [2.05, 4.69) is 95.8 Å². The molecule has 0 aliphatic heterocycles. The Morgan fingerprint density at radius 2 is 1.47 bits per heavy atom. The van der Waals surface area contributed by atoms with Crippen LogP contribution in [0.25, 0.3) is 0 Å². The molecule has 0 bridgehead atoms. The molecule has 0 radical (unpaired) electrons. The van der Waals surface area contributed by atoms with Gasteiger partial charge in [-0.1, -0.05) is 0 Å². The normalized spacial score (nSPS) is 13.8. The summed E-state index contributed by atoms with van der Waals surface area (Å²) in [5, 5.41) is 0. The molecule has 3 heteroatoms. The van der Waals surface area contributed by atoms with Crippen molar-refractivity contribution in [3.63, 3.8) is 0 Å². The second kappa shape index (κ2) is 15.8. The number of thioether (sulfide) groups is 1. The number of rotatable bonds is 17. The van der Waals surface area contributed by atoms with Crippen LogP contribution < -0.4 is 0 Å². The molecule has 0 saturated heterocycles. The zero-order valence-electron chi connectivity index (χ0n) is 20.7. The van der Waals surface area contributed by atoms with E-state index in [1.54, 1.807) is 13.3 Å². The zero-order chi connectivity index (χ0) is 22.3. The molecule has 30 heavy (non-hydrogen) atoms. The topological polar surface area (TPSA) is 9.23 Å². The third kappa shape index (κ3) is 12.2. The SMILES string of the molecule is CCC[CH2][Sn]([CH2]CCC)([CH2]CCC)[CH2]SC(C)(C)/C=C/[C@H](C)OCc1ccccc1. The summed E-state index contributed by atoms with van der Waals surface area (Å²) in [6, 6.07) is 10.5. The first-order chi connectivity index (χ1) is 14.4. The van der Waals surface area contributed by atoms with Gasteiger partial charge >= 0.3 is 198 Å². The van der Waals surface area contributed by atoms with Gasteiger partial charge in [0.2, 0.25) is 0 Å². The van der Waals surface area contributed by atoms with E-state index in [4.69, 9.17) is 4.74 Å². The third-order valence-corrected chi connectivity index (χ3v) is 26.3. The van der Waals surface area contributed by atoms with Gasteiger partial charge in [0.1, 0.15) is 0 Å². The molecule has 0 saturated carbocycles. The minimum atomic E-state index is -2.06. The van der Waals surface area contributed by atoms with Gasteiger partial charge in [-0.25, -0.2) is 0 Å². The first-order valence-electron chi connectivity index (χ1n) is 12.3. The molecule has 0 spiro atoms. The van der Waals surface area contributed by atoms with Gasteiger partial charge < -0.3 is 0 Å². The predicted octanol–water partition coefficient (Wildman–Crippen LogP) is 9.05. The van der Waals surface area contributed by atoms with Crippen molar-refractivity contribution in [1.29, 1.82) is 0 Å². The fourth-order valence-corrected chi connectivity index (χ4v) is 26.2. The van der Waals surface area contributed by atoms with Crippen molar-refractivity contribution < 1.29 is 4.74 Å². The number of hydrogen-bond donors (Lipinski definition) is 0. The van der Waals surface area contributed by atoms with E-state index in [0.717, 1.165) is 0 Å². The average Bonchev–Trinajstić information content (AvgIpc) is 2.76. The fourth-order valence-electron chi connectivity index (χ4n) is 3.86. The van der Waals surface area contributed by atoms with Gasteiger partial charge in [0.25, 0.3) is 0 Å². The van der Waals surface area contributed by atoms with Crippen LogP contribution in [0, 0.1) is 0 Å². The van der Waals surface area contributed by atoms with Crippen LogP contribution >= 0.6 is 11.8 Å². The molecule has 1 aromatic rings. The summed E-state index contributed by atoms with van der Waals surface area (Å²) in [6.45, 7) is 14.7. The molecule has 1 rings (SSSR count). The van der Waals surface area contributed by atoms with Gasteiger partial charge in [-0.05, 0) is 0 Å². The summed E-state index contributed by atoms with van der Waals surface area (Å²) in [6.07, 6.45) is 13.3. The summed E-state index contributed by atoms with van der Waals surface area (Å²) >= 11 is 0.185. The van der Waals surface area contributed by atoms with E-state index < -0.39 is 18.4 Å². The fraction of sp³-hybridized carbons (Fsp3) is 0.704. The standard InChI is InChI=1S/C15H21OS.3C4H9.Sn/c1-13(10-11-15(2,3)17-4)16-12-14-8-6-5-7-9-14;3*1-3-4-2;/h5-11,13H,4,12H2,1-3H3;3*1,3-4H2,2H3;/b11-10+;;;;/t13-;;;;/m0..../s1. The van der Waals surface area contributed by atoms with Gasteiger partial charge in [-0.3, -0.25) is 0 Å². The van der Waals surface area contributed by atoms with Crippen molar-refractivity contribution >= 4 is 30.1 Å². The molecule has 172 valence electrons. The van der Waals surface area contributed by atoms with Gasteiger partial charge in [0.15, 0.2) is 0 Å². The maximum atomic E-state index is 6.05. The van der Waals surface area contributed by atoms with E-state index in [0.29, 0.717) is 6.61 Å². The predicted molar refractivity (Wildman–Crippen MR) is 141 cm³/mol. The van der Waals surface area contributed by atoms with Crippen molar-refractivity contribution in [1.82, 2.24) is 0 Å². The summed E-state index contributed by atoms with van der Waals surface area (Å²) < 4.78 is 12.5. The molecule has 0 N–H and O–H groups in total. The van der Waals surface area contributed by atoms with E-state index in [9.17, 15) is 0 Å². The molecule has 0 fully saturated rings. The summed E-state index contributed by atoms with van der Waals surface area (Å²) in [4.78, 5) is 0. The van der Waals surface area contributed by atoms with Crippen LogP contribution in [0.1, 0.15) is 85.6 Å². The summed E-state index contributed by atoms with van der Waals surface area (Å²) in [5.74, 6) is 0. The minimum absolute atomic E-state index is 0.152. The van der Waals surface area contributed by atoms with Crippen molar-refractivity contribution in [2.24, 2.45) is 0 Å². The van der Waals surface area contributed by atoms with Crippen LogP contribution in [0.3, 0.4) is 0 Å². The number of unbranched alkanes of at least 4 members (excludes halogenated alkanes) is 3. The van der Waals surface area contributed by atoms with Crippen LogP contribution in [-0.4, -0.2) is 33.0 Å². The summed E-state index contributed by atoms with van der Waals surface area (Å²) in [7, 11) is 0. The van der Waals surface area contributed by atoms with E-state index in [-0.39, 0.29) is 10.9 Å². The quantitative estimate of drug-likeness (QED) is 0.144. The Balaban J connectivity index is 2.65. The third-order valence-electron chi connectivity index (χ3n) is 6.06. The molecular weight excluding hydrogens is 491 g/mol. The van der Waals surface area contributed by atoms with Gasteiger partial charge in [-0.2, -0.15) is 0 Å². The molecule has 1 atom stereocenters. The monoisotopic (exact) mass is 540 g/mol. The molecule has 0 unspecified atom stereocenters. The first kappa shape index (κ1) is 28.1. The van der Waals surface area contributed by atoms with Crippen molar-refractivity contribution in [2.75, 3.05) is 3.77 Å². The number of hydrogen-bond acceptors (Lipinski definition) is 2. The van der Waals surface area contributed by atoms with E-state index >= 15 is 0 Å². The van der Waals surface area contributed by atoms with Crippen LogP contribution in [0.15, 0.2) is 42.5 Å². The Kier molecular flexibility index (Phi) is 14.8. The van der Waals surface area contributed by atoms with Gasteiger partial charge in [-0.15, -0.1) is 0 Å². The van der Waals surface area contributed by atoms with Crippen LogP contribution in [0.5, 0.6) is 0 Å². The van der Waals surface area contributed by atoms with Crippen molar-refractivity contribution in [2.45, 2.75) is 111 Å². The molecular formula is C27H48OSSn. The van der Waals surface area contributed by atoms with Crippen LogP contribution in [0.2, 0.25) is 13.3 Å². The molecule has 0 heterocycles. The van der Waals surface area contributed by atoms with Crippen molar-refractivity contribution in [3.8, 4) is 0 Å². The van der Waals surface area contributed by atoms with Gasteiger partial charge in [0, 0.05) is 0 Å². The van der Waals surface area contributed by atoms with Gasteiger partial charge in [0.05, 0.1) is 0 Å². The molecule has 0 amide bonds. The molecule has 0 aliphatic rings. The Morgan fingerprint density at radius 3 is 1.97 bits per heavy atom. The van der Waals surface area contributed by atoms with Crippen molar-refractivity contribution in [3.05, 3.63) is 48.0 Å². The maximum absolute atomic E-state index is 6.05. The van der Waals surface area contributed by atoms with E-state index in [1.165, 1.54) is 47.9 Å². The number of benzene rings is 1. The first-order valence-corrected chi connectivity index (χ1v) is 21.4. The molecule has 0 aromatic heterocycles. The Bertz CT molecular complexity index is 548. The second-order valence-corrected chi connectivity index (χ2v) is 26.5. The Morgan fingerprint density at radius 1 is 0.933 bits per heavy atom. The molecule has 1 nitrogen and oxygen atoms in total. The second-order valence-electron chi connectivity index (χ2n) is 9.56. The summed E-state index contributed by atoms with van der Waals surface area (Å²) in [5.41, 5.74) is 1.24. The molecule has 0 aliphatic carbocycles. The average molecular weight is 539 g/mol. The number of ether oxygens (including phenoxy) is 1. The van der Waals surface area contributed by atoms with Crippen LogP contribution in [0.4, 0.5) is 0 Å². The Hall–Kier alpha value is 0.0687. The van der Waals surface area contributed by atoms with E-state index in [1.807, 2.05) is 0 Å². The zero-order valence-corrected chi connectivity index (χ0v) is 24.4.